The van der Waals surface area contributed by atoms with Crippen molar-refractivity contribution < 1.29 is 29.1 Å². The number of rotatable bonds is 12. The molecule has 0 radical (unpaired) electrons. The molecule has 5 amide bonds. The third kappa shape index (κ3) is 11.4. The molecule has 11 N–H and O–H groups in total. The predicted molar refractivity (Wildman–Crippen MR) is 197 cm³/mol. The number of unbranched alkanes of at least 4 members (excludes halogenated alkanes) is 1. The van der Waals surface area contributed by atoms with Crippen LogP contribution >= 0.6 is 0 Å². The van der Waals surface area contributed by atoms with Crippen LogP contribution in [0.2, 0.25) is 0 Å². The second kappa shape index (κ2) is 19.1. The molecule has 1 saturated heterocycles. The summed E-state index contributed by atoms with van der Waals surface area (Å²) < 4.78 is 0. The number of aromatic hydroxyl groups is 1. The first-order chi connectivity index (χ1) is 24.9. The third-order valence-electron chi connectivity index (χ3n) is 8.92. The molecule has 1 fully saturated rings. The van der Waals surface area contributed by atoms with E-state index in [9.17, 15) is 29.1 Å². The second-order valence-electron chi connectivity index (χ2n) is 12.9. The number of carbonyl (C=O) groups excluding carboxylic acids is 5. The molecule has 0 unspecified atom stereocenters. The van der Waals surface area contributed by atoms with Gasteiger partial charge in [0.2, 0.25) is 29.5 Å². The lowest BCUT2D eigenvalue weighted by Crippen LogP contribution is -2.58. The van der Waals surface area contributed by atoms with Crippen LogP contribution in [0.1, 0.15) is 43.7 Å². The summed E-state index contributed by atoms with van der Waals surface area (Å²) in [7, 11) is 0. The Morgan fingerprint density at radius 2 is 1.50 bits per heavy atom. The molecule has 3 aromatic carbocycles. The molecule has 0 bridgehead atoms. The van der Waals surface area contributed by atoms with Gasteiger partial charge < -0.3 is 48.1 Å². The van der Waals surface area contributed by atoms with Crippen molar-refractivity contribution in [2.24, 2.45) is 11.5 Å². The summed E-state index contributed by atoms with van der Waals surface area (Å²) in [4.78, 5) is 70.4. The highest BCUT2D eigenvalue weighted by atomic mass is 16.3. The maximum atomic E-state index is 14.2. The number of hydrogen-bond donors (Lipinski definition) is 9. The minimum atomic E-state index is -1.13. The number of fused-ring (bicyclic) bond motifs is 1. The molecule has 15 nitrogen and oxygen atoms in total. The van der Waals surface area contributed by atoms with Gasteiger partial charge in [-0.1, -0.05) is 54.6 Å². The fourth-order valence-corrected chi connectivity index (χ4v) is 6.04. The fourth-order valence-electron chi connectivity index (χ4n) is 6.04. The van der Waals surface area contributed by atoms with Crippen molar-refractivity contribution in [3.05, 3.63) is 77.9 Å². The third-order valence-corrected chi connectivity index (χ3v) is 8.92. The van der Waals surface area contributed by atoms with E-state index in [1.165, 1.54) is 17.0 Å². The van der Waals surface area contributed by atoms with Gasteiger partial charge in [0.15, 0.2) is 5.96 Å². The number of nitrogens with two attached hydrogens (primary N) is 2. The fraction of sp³-hybridized carbons (Fsp3) is 0.405. The molecular formula is C37H49N9O6. The second-order valence-corrected chi connectivity index (χ2v) is 12.9. The van der Waals surface area contributed by atoms with Gasteiger partial charge in [0.25, 0.3) is 0 Å². The molecule has 0 spiro atoms. The molecule has 3 aromatic rings. The van der Waals surface area contributed by atoms with Crippen LogP contribution < -0.4 is 38.1 Å². The number of nitrogens with zero attached hydrogens (tertiary/aromatic N) is 1. The maximum absolute atomic E-state index is 14.2. The van der Waals surface area contributed by atoms with Gasteiger partial charge in [0.1, 0.15) is 29.9 Å². The number of nitrogens with one attached hydrogen (secondary N) is 6. The molecule has 1 aliphatic rings. The first kappa shape index (κ1) is 39.1. The van der Waals surface area contributed by atoms with Crippen molar-refractivity contribution in [1.29, 1.82) is 5.41 Å². The lowest BCUT2D eigenvalue weighted by Gasteiger charge is -2.33. The summed E-state index contributed by atoms with van der Waals surface area (Å²) in [5.74, 6) is -3.27. The molecule has 278 valence electrons. The Hall–Kier alpha value is -5.70. The zero-order valence-electron chi connectivity index (χ0n) is 29.3. The van der Waals surface area contributed by atoms with E-state index < -0.39 is 60.2 Å². The van der Waals surface area contributed by atoms with Gasteiger partial charge in [-0.2, -0.15) is 0 Å². The molecule has 0 aliphatic carbocycles. The number of phenolic OH excluding ortho intramolecular Hbond substituents is 1. The van der Waals surface area contributed by atoms with Crippen LogP contribution in [-0.2, 0) is 36.8 Å². The van der Waals surface area contributed by atoms with Gasteiger partial charge in [0, 0.05) is 25.9 Å². The Morgan fingerprint density at radius 1 is 0.827 bits per heavy atom. The number of amides is 5. The highest BCUT2D eigenvalue weighted by Gasteiger charge is 2.35. The van der Waals surface area contributed by atoms with E-state index >= 15 is 0 Å². The van der Waals surface area contributed by atoms with Crippen LogP contribution in [0.15, 0.2) is 66.7 Å². The Balaban J connectivity index is 1.69. The van der Waals surface area contributed by atoms with Gasteiger partial charge in [-0.05, 0) is 73.2 Å². The van der Waals surface area contributed by atoms with Crippen LogP contribution in [0.5, 0.6) is 5.75 Å². The number of carbonyl (C=O) groups is 5. The first-order valence-corrected chi connectivity index (χ1v) is 17.5. The van der Waals surface area contributed by atoms with Crippen LogP contribution in [0.4, 0.5) is 0 Å². The zero-order chi connectivity index (χ0) is 37.6. The van der Waals surface area contributed by atoms with Crippen molar-refractivity contribution in [2.75, 3.05) is 26.2 Å². The molecule has 4 atom stereocenters. The van der Waals surface area contributed by atoms with E-state index in [0.717, 1.165) is 16.3 Å². The van der Waals surface area contributed by atoms with Gasteiger partial charge >= 0.3 is 0 Å². The normalized spacial score (nSPS) is 20.6. The number of hydrogen-bond acceptors (Lipinski definition) is 8. The average Bonchev–Trinajstić information content (AvgIpc) is 3.12. The van der Waals surface area contributed by atoms with E-state index in [1.54, 1.807) is 19.1 Å². The average molecular weight is 716 g/mol. The van der Waals surface area contributed by atoms with E-state index in [4.69, 9.17) is 16.9 Å². The molecule has 4 rings (SSSR count). The van der Waals surface area contributed by atoms with E-state index in [-0.39, 0.29) is 44.1 Å². The number of phenols is 1. The summed E-state index contributed by atoms with van der Waals surface area (Å²) in [5, 5.41) is 32.8. The van der Waals surface area contributed by atoms with Crippen LogP contribution in [0.3, 0.4) is 0 Å². The summed E-state index contributed by atoms with van der Waals surface area (Å²) >= 11 is 0. The maximum Gasteiger partial charge on any atom is 0.246 e. The molecule has 1 aliphatic heterocycles. The van der Waals surface area contributed by atoms with Crippen molar-refractivity contribution in [3.8, 4) is 5.75 Å². The van der Waals surface area contributed by atoms with E-state index in [1.807, 2.05) is 42.5 Å². The van der Waals surface area contributed by atoms with Gasteiger partial charge in [0.05, 0.1) is 6.54 Å². The van der Waals surface area contributed by atoms with Crippen molar-refractivity contribution >= 4 is 46.3 Å². The Morgan fingerprint density at radius 3 is 2.21 bits per heavy atom. The summed E-state index contributed by atoms with van der Waals surface area (Å²) in [6.07, 6.45) is 1.64. The Labute approximate surface area is 302 Å². The smallest absolute Gasteiger partial charge is 0.246 e. The van der Waals surface area contributed by atoms with Crippen molar-refractivity contribution in [2.45, 2.75) is 69.6 Å². The first-order valence-electron chi connectivity index (χ1n) is 17.5. The van der Waals surface area contributed by atoms with E-state index in [0.29, 0.717) is 31.4 Å². The predicted octanol–water partition coefficient (Wildman–Crippen LogP) is 0.134. The monoisotopic (exact) mass is 715 g/mol. The Kier molecular flexibility index (Phi) is 14.3. The summed E-state index contributed by atoms with van der Waals surface area (Å²) in [6, 6.07) is 15.2. The Bertz CT molecular complexity index is 1730. The molecule has 52 heavy (non-hydrogen) atoms. The lowest BCUT2D eigenvalue weighted by molar-refractivity contribution is -0.143. The molecule has 15 heteroatoms. The molecule has 0 aromatic heterocycles. The van der Waals surface area contributed by atoms with Crippen molar-refractivity contribution in [1.82, 2.24) is 31.5 Å². The van der Waals surface area contributed by atoms with Gasteiger partial charge in [-0.3, -0.25) is 29.4 Å². The number of guanidine groups is 1. The van der Waals surface area contributed by atoms with Crippen LogP contribution in [0.25, 0.3) is 10.8 Å². The van der Waals surface area contributed by atoms with Crippen LogP contribution in [0, 0.1) is 5.41 Å². The van der Waals surface area contributed by atoms with E-state index in [2.05, 4.69) is 26.6 Å². The minimum absolute atomic E-state index is 0.0330. The molecular weight excluding hydrogens is 666 g/mol. The molecule has 1 heterocycles. The highest BCUT2D eigenvalue weighted by molar-refractivity contribution is 5.97. The quantitative estimate of drug-likeness (QED) is 0.0702. The van der Waals surface area contributed by atoms with Crippen molar-refractivity contribution in [3.63, 3.8) is 0 Å². The van der Waals surface area contributed by atoms with Crippen LogP contribution in [-0.4, -0.2) is 95.8 Å². The van der Waals surface area contributed by atoms with Gasteiger partial charge in [-0.15, -0.1) is 0 Å². The molecule has 0 saturated carbocycles. The summed E-state index contributed by atoms with van der Waals surface area (Å²) in [5.41, 5.74) is 12.6. The minimum Gasteiger partial charge on any atom is -0.508 e. The largest absolute Gasteiger partial charge is 0.508 e. The number of benzene rings is 3. The summed E-state index contributed by atoms with van der Waals surface area (Å²) in [6.45, 7) is 1.83. The topological polar surface area (TPSA) is 245 Å². The standard InChI is InChI=1S/C37H49N9O6/c1-23-33(49)44-29(9-6-17-41-37(39)40)35(51)45-30(21-25-10-13-26-7-2-3-8-27(26)19-25)34(50)42-22-32(48)43-31(20-24-11-14-28(47)15-12-24)36(52)46(23)18-5-4-16-38/h2-3,7-8,10-15,19,23,29-31,47H,4-6,9,16-18,20-22,38H2,1H3,(H,42,50)(H,43,48)(H,44,49)(H,45,51)(H4,39,40,41)/t23-,29+,30+,31-/m1/s1. The lowest BCUT2D eigenvalue weighted by atomic mass is 10.0. The zero-order valence-corrected chi connectivity index (χ0v) is 29.3. The SMILES string of the molecule is C[C@@H]1C(=O)N[C@@H](CCCNC(=N)N)C(=O)N[C@@H](Cc2ccc3ccccc3c2)C(=O)NCC(=O)N[C@H](Cc2ccc(O)cc2)C(=O)N1CCCCN. The van der Waals surface area contributed by atoms with Gasteiger partial charge in [-0.25, -0.2) is 0 Å². The highest BCUT2D eigenvalue weighted by Crippen LogP contribution is 2.18.